The number of carbonyl (C=O) groups is 2. The summed E-state index contributed by atoms with van der Waals surface area (Å²) in [5, 5.41) is 5.64. The molecule has 1 atom stereocenters. The number of hydrogen-bond donors (Lipinski definition) is 3. The van der Waals surface area contributed by atoms with Crippen molar-refractivity contribution in [2.75, 3.05) is 25.9 Å². The molecule has 0 unspecified atom stereocenters. The molecule has 0 saturated carbocycles. The van der Waals surface area contributed by atoms with Crippen LogP contribution in [0.3, 0.4) is 0 Å². The molecule has 0 radical (unpaired) electrons. The highest BCUT2D eigenvalue weighted by atomic mass is 16.2. The van der Waals surface area contributed by atoms with Crippen molar-refractivity contribution < 1.29 is 9.59 Å². The van der Waals surface area contributed by atoms with Crippen LogP contribution in [-0.4, -0.2) is 52.9 Å². The number of aromatic nitrogens is 2. The quantitative estimate of drug-likeness (QED) is 0.552. The minimum absolute atomic E-state index is 0.0586. The molecule has 1 aromatic heterocycles. The number of benzene rings is 2. The van der Waals surface area contributed by atoms with Crippen molar-refractivity contribution in [3.8, 4) is 11.3 Å². The Bertz CT molecular complexity index is 1120. The van der Waals surface area contributed by atoms with Gasteiger partial charge in [-0.3, -0.25) is 14.5 Å². The maximum Gasteiger partial charge on any atom is 0.273 e. The van der Waals surface area contributed by atoms with Gasteiger partial charge in [0.1, 0.15) is 0 Å². The number of nitrogen functional groups attached to an aromatic ring is 1. The molecular weight excluding hydrogens is 404 g/mol. The van der Waals surface area contributed by atoms with Gasteiger partial charge in [0.15, 0.2) is 11.5 Å². The van der Waals surface area contributed by atoms with Crippen LogP contribution in [0.15, 0.2) is 60.8 Å². The number of nitrogens with two attached hydrogens (primary N) is 1. The lowest BCUT2D eigenvalue weighted by atomic mass is 10.1. The van der Waals surface area contributed by atoms with E-state index in [0.717, 1.165) is 26.1 Å². The molecule has 1 saturated heterocycles. The molecule has 1 fully saturated rings. The molecule has 1 aliphatic heterocycles. The van der Waals surface area contributed by atoms with Gasteiger partial charge in [-0.05, 0) is 24.1 Å². The third-order valence-electron chi connectivity index (χ3n) is 5.52. The molecule has 1 aliphatic rings. The fourth-order valence-corrected chi connectivity index (χ4v) is 3.85. The molecule has 0 aliphatic carbocycles. The fraction of sp³-hybridized carbons (Fsp3) is 0.250. The molecule has 2 aromatic carbocycles. The van der Waals surface area contributed by atoms with Gasteiger partial charge in [-0.25, -0.2) is 9.97 Å². The van der Waals surface area contributed by atoms with E-state index in [-0.39, 0.29) is 23.5 Å². The van der Waals surface area contributed by atoms with Crippen molar-refractivity contribution >= 4 is 17.6 Å². The van der Waals surface area contributed by atoms with Gasteiger partial charge in [0.25, 0.3) is 11.8 Å². The topological polar surface area (TPSA) is 113 Å². The second-order valence-corrected chi connectivity index (χ2v) is 7.83. The zero-order valence-electron chi connectivity index (χ0n) is 17.9. The van der Waals surface area contributed by atoms with Crippen LogP contribution >= 0.6 is 0 Å². The summed E-state index contributed by atoms with van der Waals surface area (Å²) in [6, 6.07) is 17.6. The van der Waals surface area contributed by atoms with E-state index in [1.54, 1.807) is 18.2 Å². The van der Waals surface area contributed by atoms with Crippen molar-refractivity contribution in [3.63, 3.8) is 0 Å². The van der Waals surface area contributed by atoms with Crippen LogP contribution in [0.1, 0.15) is 32.8 Å². The largest absolute Gasteiger partial charge is 0.382 e. The molecule has 3 aromatic rings. The van der Waals surface area contributed by atoms with Crippen LogP contribution < -0.4 is 16.4 Å². The highest BCUT2D eigenvalue weighted by Gasteiger charge is 2.24. The number of anilines is 1. The molecule has 8 heteroatoms. The van der Waals surface area contributed by atoms with Gasteiger partial charge in [-0.2, -0.15) is 0 Å². The van der Waals surface area contributed by atoms with Gasteiger partial charge >= 0.3 is 0 Å². The molecule has 164 valence electrons. The number of likely N-dealkylation sites (tertiary alicyclic amines) is 1. The summed E-state index contributed by atoms with van der Waals surface area (Å²) >= 11 is 0. The monoisotopic (exact) mass is 430 g/mol. The number of nitrogens with one attached hydrogen (secondary N) is 2. The Morgan fingerprint density at radius 2 is 1.94 bits per heavy atom. The predicted molar refractivity (Wildman–Crippen MR) is 123 cm³/mol. The summed E-state index contributed by atoms with van der Waals surface area (Å²) < 4.78 is 0. The molecule has 0 bridgehead atoms. The Morgan fingerprint density at radius 1 is 1.12 bits per heavy atom. The van der Waals surface area contributed by atoms with E-state index in [4.69, 9.17) is 5.73 Å². The van der Waals surface area contributed by atoms with Crippen molar-refractivity contribution in [2.45, 2.75) is 19.0 Å². The van der Waals surface area contributed by atoms with Crippen molar-refractivity contribution in [1.29, 1.82) is 0 Å². The highest BCUT2D eigenvalue weighted by molar-refractivity contribution is 5.97. The Balaban J connectivity index is 1.42. The average molecular weight is 431 g/mol. The van der Waals surface area contributed by atoms with E-state index >= 15 is 0 Å². The predicted octanol–water partition coefficient (Wildman–Crippen LogP) is 2.09. The summed E-state index contributed by atoms with van der Waals surface area (Å²) in [7, 11) is 1.51. The van der Waals surface area contributed by atoms with Crippen molar-refractivity contribution in [2.24, 2.45) is 0 Å². The molecular formula is C24H26N6O2. The van der Waals surface area contributed by atoms with E-state index in [0.29, 0.717) is 16.8 Å². The van der Waals surface area contributed by atoms with Gasteiger partial charge in [0, 0.05) is 43.9 Å². The third kappa shape index (κ3) is 4.92. The highest BCUT2D eigenvalue weighted by Crippen LogP contribution is 2.20. The lowest BCUT2D eigenvalue weighted by molar-refractivity contribution is 0.0934. The Kier molecular flexibility index (Phi) is 6.42. The van der Waals surface area contributed by atoms with Gasteiger partial charge < -0.3 is 16.4 Å². The number of amides is 2. The van der Waals surface area contributed by atoms with Crippen LogP contribution in [0.4, 0.5) is 5.82 Å². The smallest absolute Gasteiger partial charge is 0.273 e. The van der Waals surface area contributed by atoms with Gasteiger partial charge in [0.2, 0.25) is 0 Å². The number of hydrogen-bond acceptors (Lipinski definition) is 6. The van der Waals surface area contributed by atoms with Crippen LogP contribution in [-0.2, 0) is 6.54 Å². The zero-order chi connectivity index (χ0) is 22.5. The minimum atomic E-state index is -0.410. The van der Waals surface area contributed by atoms with Crippen LogP contribution in [0.5, 0.6) is 0 Å². The molecule has 2 heterocycles. The van der Waals surface area contributed by atoms with E-state index in [1.165, 1.54) is 18.8 Å². The first kappa shape index (κ1) is 21.5. The second-order valence-electron chi connectivity index (χ2n) is 7.83. The first-order chi connectivity index (χ1) is 15.5. The SMILES string of the molecule is CNC(=O)c1nc(-c2cccc(C(=O)N[C@H]3CCN(Cc4ccccc4)C3)c2)cnc1N. The molecule has 2 amide bonds. The van der Waals surface area contributed by atoms with Crippen LogP contribution in [0.2, 0.25) is 0 Å². The average Bonchev–Trinajstić information content (AvgIpc) is 3.26. The maximum absolute atomic E-state index is 12.9. The molecule has 4 rings (SSSR count). The van der Waals surface area contributed by atoms with Crippen LogP contribution in [0.25, 0.3) is 11.3 Å². The zero-order valence-corrected chi connectivity index (χ0v) is 17.9. The summed E-state index contributed by atoms with van der Waals surface area (Å²) in [4.78, 5) is 35.6. The third-order valence-corrected chi connectivity index (χ3v) is 5.52. The summed E-state index contributed by atoms with van der Waals surface area (Å²) in [6.07, 6.45) is 2.41. The van der Waals surface area contributed by atoms with E-state index in [1.807, 2.05) is 24.3 Å². The lowest BCUT2D eigenvalue weighted by Gasteiger charge is -2.17. The molecule has 4 N–H and O–H groups in total. The number of carbonyl (C=O) groups excluding carboxylic acids is 2. The first-order valence-electron chi connectivity index (χ1n) is 10.6. The van der Waals surface area contributed by atoms with E-state index in [2.05, 4.69) is 37.6 Å². The molecule has 32 heavy (non-hydrogen) atoms. The second kappa shape index (κ2) is 9.57. The summed E-state index contributed by atoms with van der Waals surface area (Å²) in [5.41, 5.74) is 8.79. The fourth-order valence-electron chi connectivity index (χ4n) is 3.85. The molecule has 0 spiro atoms. The van der Waals surface area contributed by atoms with E-state index in [9.17, 15) is 9.59 Å². The van der Waals surface area contributed by atoms with Gasteiger partial charge in [0.05, 0.1) is 11.9 Å². The lowest BCUT2D eigenvalue weighted by Crippen LogP contribution is -2.37. The standard InChI is InChI=1S/C24H26N6O2/c1-26-24(32)21-22(25)27-13-20(29-21)17-8-5-9-18(12-17)23(31)28-19-10-11-30(15-19)14-16-6-3-2-4-7-16/h2-9,12-13,19H,10-11,14-15H2,1H3,(H2,25,27)(H,26,32)(H,28,31)/t19-/m0/s1. The Hall–Kier alpha value is -3.78. The number of nitrogens with zero attached hydrogens (tertiary/aromatic N) is 3. The maximum atomic E-state index is 12.9. The Labute approximate surface area is 186 Å². The molecule has 8 nitrogen and oxygen atoms in total. The Morgan fingerprint density at radius 3 is 2.72 bits per heavy atom. The minimum Gasteiger partial charge on any atom is -0.382 e. The van der Waals surface area contributed by atoms with Crippen molar-refractivity contribution in [3.05, 3.63) is 77.6 Å². The van der Waals surface area contributed by atoms with Gasteiger partial charge in [-0.15, -0.1) is 0 Å². The first-order valence-corrected chi connectivity index (χ1v) is 10.6. The van der Waals surface area contributed by atoms with Gasteiger partial charge in [-0.1, -0.05) is 42.5 Å². The van der Waals surface area contributed by atoms with E-state index < -0.39 is 5.91 Å². The van der Waals surface area contributed by atoms with Crippen molar-refractivity contribution in [1.82, 2.24) is 25.5 Å². The normalized spacial score (nSPS) is 16.0. The number of rotatable bonds is 6. The summed E-state index contributed by atoms with van der Waals surface area (Å²) in [5.74, 6) is -0.483. The van der Waals surface area contributed by atoms with Crippen LogP contribution in [0, 0.1) is 0 Å². The summed E-state index contributed by atoms with van der Waals surface area (Å²) in [6.45, 7) is 2.65.